The van der Waals surface area contributed by atoms with E-state index in [1.165, 1.54) is 12.1 Å². The lowest BCUT2D eigenvalue weighted by Gasteiger charge is -2.16. The molecule has 2 aromatic carbocycles. The van der Waals surface area contributed by atoms with Gasteiger partial charge in [0.2, 0.25) is 0 Å². The Morgan fingerprint density at radius 2 is 1.71 bits per heavy atom. The third-order valence-corrected chi connectivity index (χ3v) is 5.06. The second kappa shape index (κ2) is 9.97. The summed E-state index contributed by atoms with van der Waals surface area (Å²) in [6.45, 7) is 4.32. The van der Waals surface area contributed by atoms with E-state index in [4.69, 9.17) is 47.2 Å². The maximum Gasteiger partial charge on any atom is 0.362 e. The summed E-state index contributed by atoms with van der Waals surface area (Å²) < 4.78 is 26.6. The first-order valence-electron chi connectivity index (χ1n) is 8.50. The molecule has 0 aliphatic carbocycles. The molecular weight excluding hydrogens is 426 g/mol. The number of benzene rings is 2. The van der Waals surface area contributed by atoms with Gasteiger partial charge in [0.15, 0.2) is 13.1 Å². The van der Waals surface area contributed by atoms with Crippen molar-refractivity contribution in [3.05, 3.63) is 57.1 Å². The quantitative estimate of drug-likeness (QED) is 0.404. The van der Waals surface area contributed by atoms with Gasteiger partial charge in [0, 0.05) is 23.6 Å². The number of hydrogen-bond donors (Lipinski definition) is 2. The topological polar surface area (TPSA) is 85.2 Å². The molecule has 2 rings (SSSR count). The maximum absolute atomic E-state index is 10.9. The van der Waals surface area contributed by atoms with Crippen molar-refractivity contribution in [1.82, 2.24) is 0 Å². The minimum Gasteiger partial charge on any atom is -0.481 e. The zero-order valence-electron chi connectivity index (χ0n) is 15.8. The van der Waals surface area contributed by atoms with Crippen molar-refractivity contribution in [3.63, 3.8) is 0 Å². The van der Waals surface area contributed by atoms with Gasteiger partial charge in [-0.1, -0.05) is 49.2 Å². The highest BCUT2D eigenvalue weighted by Gasteiger charge is 2.17. The molecule has 0 radical (unpaired) electrons. The molecule has 0 heterocycles. The van der Waals surface area contributed by atoms with Crippen LogP contribution < -0.4 is 9.47 Å². The van der Waals surface area contributed by atoms with Gasteiger partial charge in [-0.25, -0.2) is 0 Å². The molecule has 0 unspecified atom stereocenters. The van der Waals surface area contributed by atoms with Crippen LogP contribution in [-0.2, 0) is 15.7 Å². The van der Waals surface area contributed by atoms with Crippen molar-refractivity contribution < 1.29 is 28.6 Å². The Bertz CT molecular complexity index is 842. The Morgan fingerprint density at radius 3 is 2.25 bits per heavy atom. The monoisotopic (exact) mass is 448 g/mol. The average molecular weight is 449 g/mol. The van der Waals surface area contributed by atoms with E-state index in [2.05, 4.69) is 13.8 Å². The fourth-order valence-corrected chi connectivity index (χ4v) is 3.53. The van der Waals surface area contributed by atoms with Crippen LogP contribution in [-0.4, -0.2) is 30.0 Å². The molecule has 28 heavy (non-hydrogen) atoms. The second-order valence-electron chi connectivity index (χ2n) is 6.56. The zero-order chi connectivity index (χ0) is 20.9. The van der Waals surface area contributed by atoms with Gasteiger partial charge in [-0.15, -0.1) is 0 Å². The lowest BCUT2D eigenvalue weighted by atomic mass is 9.96. The first-order chi connectivity index (χ1) is 13.1. The highest BCUT2D eigenvalue weighted by molar-refractivity contribution is 7.51. The van der Waals surface area contributed by atoms with Crippen LogP contribution >= 0.6 is 30.8 Å². The average Bonchev–Trinajstić information content (AvgIpc) is 2.61. The van der Waals surface area contributed by atoms with E-state index in [1.807, 2.05) is 18.2 Å². The van der Waals surface area contributed by atoms with Gasteiger partial charge >= 0.3 is 7.60 Å². The normalized spacial score (nSPS) is 11.7. The van der Waals surface area contributed by atoms with Crippen LogP contribution in [0.3, 0.4) is 0 Å². The smallest absolute Gasteiger partial charge is 0.362 e. The largest absolute Gasteiger partial charge is 0.481 e. The standard InChI is InChI=1S/C19H23Cl2O6P/c1-12(2)15-6-13(4-5-19(15)26-10-25-3)7-16-17(20)8-14(9-18(16)21)27-11-28(22,23)24/h4-6,8-9,12H,7,10-11H2,1-3H3,(H2,22,23,24). The summed E-state index contributed by atoms with van der Waals surface area (Å²) in [6.07, 6.45) is -0.250. The zero-order valence-corrected chi connectivity index (χ0v) is 18.2. The van der Waals surface area contributed by atoms with Gasteiger partial charge in [-0.3, -0.25) is 4.57 Å². The molecule has 0 bridgehead atoms. The Hall–Kier alpha value is -1.27. The summed E-state index contributed by atoms with van der Waals surface area (Å²) in [5.74, 6) is 1.22. The summed E-state index contributed by atoms with van der Waals surface area (Å²) in [5, 5.41) is 0.720. The van der Waals surface area contributed by atoms with Gasteiger partial charge in [0.1, 0.15) is 11.5 Å². The number of methoxy groups -OCH3 is 1. The predicted molar refractivity (Wildman–Crippen MR) is 110 cm³/mol. The van der Waals surface area contributed by atoms with Crippen molar-refractivity contribution in [3.8, 4) is 11.5 Å². The van der Waals surface area contributed by atoms with E-state index in [1.54, 1.807) is 7.11 Å². The Labute approximate surface area is 174 Å². The third kappa shape index (κ3) is 6.66. The van der Waals surface area contributed by atoms with Crippen molar-refractivity contribution >= 4 is 30.8 Å². The second-order valence-corrected chi connectivity index (χ2v) is 8.96. The van der Waals surface area contributed by atoms with Crippen LogP contribution in [0.1, 0.15) is 36.5 Å². The molecule has 0 aromatic heterocycles. The number of ether oxygens (including phenoxy) is 3. The summed E-state index contributed by atoms with van der Waals surface area (Å²) in [4.78, 5) is 17.8. The Morgan fingerprint density at radius 1 is 1.07 bits per heavy atom. The highest BCUT2D eigenvalue weighted by atomic mass is 35.5. The van der Waals surface area contributed by atoms with Gasteiger partial charge < -0.3 is 24.0 Å². The van der Waals surface area contributed by atoms with Gasteiger partial charge in [0.05, 0.1) is 0 Å². The molecule has 2 aromatic rings. The summed E-state index contributed by atoms with van der Waals surface area (Å²) in [6, 6.07) is 8.86. The molecule has 0 aliphatic rings. The van der Waals surface area contributed by atoms with Crippen LogP contribution in [0.4, 0.5) is 0 Å². The molecule has 2 N–H and O–H groups in total. The lowest BCUT2D eigenvalue weighted by Crippen LogP contribution is -2.04. The van der Waals surface area contributed by atoms with E-state index in [0.717, 1.165) is 16.9 Å². The summed E-state index contributed by atoms with van der Waals surface area (Å²) in [7, 11) is -2.72. The van der Waals surface area contributed by atoms with Gasteiger partial charge in [-0.05, 0) is 40.8 Å². The van der Waals surface area contributed by atoms with Crippen LogP contribution in [0.5, 0.6) is 11.5 Å². The molecule has 9 heteroatoms. The van der Waals surface area contributed by atoms with Crippen molar-refractivity contribution in [2.45, 2.75) is 26.2 Å². The third-order valence-electron chi connectivity index (χ3n) is 3.92. The summed E-state index contributed by atoms with van der Waals surface area (Å²) in [5.41, 5.74) is 2.75. The maximum atomic E-state index is 10.9. The Balaban J connectivity index is 2.25. The number of rotatable bonds is 9. The minimum atomic E-state index is -4.29. The van der Waals surface area contributed by atoms with Crippen LogP contribution in [0.25, 0.3) is 0 Å². The SMILES string of the molecule is COCOc1ccc(Cc2c(Cl)cc(OCP(=O)(O)O)cc2Cl)cc1C(C)C. The van der Waals surface area contributed by atoms with Gasteiger partial charge in [0.25, 0.3) is 0 Å². The van der Waals surface area contributed by atoms with Crippen molar-refractivity contribution in [2.75, 3.05) is 20.3 Å². The number of hydrogen-bond acceptors (Lipinski definition) is 4. The van der Waals surface area contributed by atoms with Crippen LogP contribution in [0, 0.1) is 0 Å². The molecule has 0 saturated carbocycles. The van der Waals surface area contributed by atoms with Crippen LogP contribution in [0.15, 0.2) is 30.3 Å². The summed E-state index contributed by atoms with van der Waals surface area (Å²) >= 11 is 12.7. The van der Waals surface area contributed by atoms with Crippen molar-refractivity contribution in [2.24, 2.45) is 0 Å². The molecule has 0 saturated heterocycles. The first-order valence-corrected chi connectivity index (χ1v) is 11.1. The van der Waals surface area contributed by atoms with E-state index in [0.29, 0.717) is 22.0 Å². The highest BCUT2D eigenvalue weighted by Crippen LogP contribution is 2.37. The molecule has 0 spiro atoms. The lowest BCUT2D eigenvalue weighted by molar-refractivity contribution is 0.0502. The minimum absolute atomic E-state index is 0.173. The molecule has 0 amide bonds. The molecule has 0 aliphatic heterocycles. The fraction of sp³-hybridized carbons (Fsp3) is 0.368. The van der Waals surface area contributed by atoms with Crippen LogP contribution in [0.2, 0.25) is 10.0 Å². The van der Waals surface area contributed by atoms with E-state index >= 15 is 0 Å². The Kier molecular flexibility index (Phi) is 8.19. The molecule has 0 atom stereocenters. The molecule has 6 nitrogen and oxygen atoms in total. The first kappa shape index (κ1) is 23.0. The molecular formula is C19H23Cl2O6P. The van der Waals surface area contributed by atoms with Crippen molar-refractivity contribution in [1.29, 1.82) is 0 Å². The van der Waals surface area contributed by atoms with E-state index in [9.17, 15) is 4.57 Å². The molecule has 154 valence electrons. The fourth-order valence-electron chi connectivity index (χ4n) is 2.61. The molecule has 0 fully saturated rings. The number of halogens is 2. The predicted octanol–water partition coefficient (Wildman–Crippen LogP) is 5.20. The van der Waals surface area contributed by atoms with Gasteiger partial charge in [-0.2, -0.15) is 0 Å². The van der Waals surface area contributed by atoms with E-state index < -0.39 is 13.9 Å². The van der Waals surface area contributed by atoms with E-state index in [-0.39, 0.29) is 18.5 Å².